The van der Waals surface area contributed by atoms with E-state index in [0.29, 0.717) is 19.4 Å². The SMILES string of the molecule is O=S1(=O)CCC(NCCCCC(F)(F)F)C1. The number of rotatable bonds is 5. The van der Waals surface area contributed by atoms with Gasteiger partial charge in [0.2, 0.25) is 0 Å². The van der Waals surface area contributed by atoms with Gasteiger partial charge in [0.15, 0.2) is 9.84 Å². The predicted octanol–water partition coefficient (Wildman–Crippen LogP) is 1.50. The Bertz CT molecular complexity index is 313. The van der Waals surface area contributed by atoms with Gasteiger partial charge in [0, 0.05) is 12.5 Å². The van der Waals surface area contributed by atoms with E-state index < -0.39 is 22.4 Å². The Labute approximate surface area is 93.3 Å². The van der Waals surface area contributed by atoms with Gasteiger partial charge in [-0.3, -0.25) is 0 Å². The van der Waals surface area contributed by atoms with Gasteiger partial charge in [0.1, 0.15) is 0 Å². The Kier molecular flexibility index (Phi) is 4.61. The molecule has 1 aliphatic rings. The van der Waals surface area contributed by atoms with Crippen LogP contribution < -0.4 is 5.32 Å². The maximum absolute atomic E-state index is 11.8. The van der Waals surface area contributed by atoms with E-state index in [-0.39, 0.29) is 24.0 Å². The molecule has 1 aliphatic heterocycles. The number of nitrogens with one attached hydrogen (secondary N) is 1. The molecule has 96 valence electrons. The van der Waals surface area contributed by atoms with Crippen LogP contribution in [0.5, 0.6) is 0 Å². The Balaban J connectivity index is 2.05. The van der Waals surface area contributed by atoms with Crippen molar-refractivity contribution in [1.82, 2.24) is 5.32 Å². The lowest BCUT2D eigenvalue weighted by Crippen LogP contribution is -2.30. The van der Waals surface area contributed by atoms with Gasteiger partial charge >= 0.3 is 6.18 Å². The molecule has 0 aromatic carbocycles. The van der Waals surface area contributed by atoms with Crippen molar-refractivity contribution in [2.75, 3.05) is 18.1 Å². The quantitative estimate of drug-likeness (QED) is 0.761. The van der Waals surface area contributed by atoms with Crippen molar-refractivity contribution in [3.05, 3.63) is 0 Å². The Hall–Kier alpha value is -0.300. The fourth-order valence-corrected chi connectivity index (χ4v) is 3.42. The third-order valence-corrected chi connectivity index (χ3v) is 4.32. The molecule has 3 nitrogen and oxygen atoms in total. The first-order valence-electron chi connectivity index (χ1n) is 5.29. The van der Waals surface area contributed by atoms with E-state index in [0.717, 1.165) is 0 Å². The molecule has 0 aliphatic carbocycles. The minimum atomic E-state index is -4.09. The highest BCUT2D eigenvalue weighted by atomic mass is 32.2. The molecule has 0 saturated carbocycles. The number of sulfone groups is 1. The van der Waals surface area contributed by atoms with Crippen LogP contribution in [0.25, 0.3) is 0 Å². The fourth-order valence-electron chi connectivity index (χ4n) is 1.71. The maximum atomic E-state index is 11.8. The lowest BCUT2D eigenvalue weighted by Gasteiger charge is -2.10. The summed E-state index contributed by atoms with van der Waals surface area (Å²) in [4.78, 5) is 0. The predicted molar refractivity (Wildman–Crippen MR) is 55.0 cm³/mol. The molecule has 1 fully saturated rings. The summed E-state index contributed by atoms with van der Waals surface area (Å²) in [6, 6.07) is -0.0733. The Morgan fingerprint density at radius 2 is 1.94 bits per heavy atom. The minimum absolute atomic E-state index is 0.0733. The van der Waals surface area contributed by atoms with Crippen LogP contribution in [0.1, 0.15) is 25.7 Å². The molecule has 1 N–H and O–H groups in total. The minimum Gasteiger partial charge on any atom is -0.313 e. The van der Waals surface area contributed by atoms with Gasteiger partial charge in [0.05, 0.1) is 11.5 Å². The number of unbranched alkanes of at least 4 members (excludes halogenated alkanes) is 1. The van der Waals surface area contributed by atoms with Gasteiger partial charge in [-0.15, -0.1) is 0 Å². The monoisotopic (exact) mass is 259 g/mol. The highest BCUT2D eigenvalue weighted by Crippen LogP contribution is 2.22. The highest BCUT2D eigenvalue weighted by Gasteiger charge is 2.28. The first-order chi connectivity index (χ1) is 7.29. The van der Waals surface area contributed by atoms with Gasteiger partial charge in [-0.2, -0.15) is 13.2 Å². The van der Waals surface area contributed by atoms with Gasteiger partial charge in [-0.25, -0.2) is 8.42 Å². The normalized spacial score (nSPS) is 24.8. The van der Waals surface area contributed by atoms with Crippen molar-refractivity contribution >= 4 is 9.84 Å². The van der Waals surface area contributed by atoms with Crippen molar-refractivity contribution in [2.24, 2.45) is 0 Å². The highest BCUT2D eigenvalue weighted by molar-refractivity contribution is 7.91. The average molecular weight is 259 g/mol. The lowest BCUT2D eigenvalue weighted by atomic mass is 10.2. The summed E-state index contributed by atoms with van der Waals surface area (Å²) in [6.45, 7) is 0.455. The summed E-state index contributed by atoms with van der Waals surface area (Å²) in [5, 5.41) is 2.98. The summed E-state index contributed by atoms with van der Waals surface area (Å²) < 4.78 is 57.5. The number of hydrogen-bond donors (Lipinski definition) is 1. The van der Waals surface area contributed by atoms with E-state index in [9.17, 15) is 21.6 Å². The molecular weight excluding hydrogens is 243 g/mol. The van der Waals surface area contributed by atoms with E-state index in [2.05, 4.69) is 5.32 Å². The van der Waals surface area contributed by atoms with Crippen LogP contribution >= 0.6 is 0 Å². The van der Waals surface area contributed by atoms with Crippen LogP contribution in [0.3, 0.4) is 0 Å². The second-order valence-electron chi connectivity index (χ2n) is 4.13. The summed E-state index contributed by atoms with van der Waals surface area (Å²) in [5.41, 5.74) is 0. The van der Waals surface area contributed by atoms with E-state index >= 15 is 0 Å². The summed E-state index contributed by atoms with van der Waals surface area (Å²) in [5.74, 6) is 0.305. The maximum Gasteiger partial charge on any atom is 0.389 e. The van der Waals surface area contributed by atoms with Crippen LogP contribution in [-0.4, -0.2) is 38.7 Å². The smallest absolute Gasteiger partial charge is 0.313 e. The zero-order valence-corrected chi connectivity index (χ0v) is 9.70. The molecule has 0 aromatic rings. The topological polar surface area (TPSA) is 46.2 Å². The van der Waals surface area contributed by atoms with E-state index in [1.54, 1.807) is 0 Å². The summed E-state index contributed by atoms with van der Waals surface area (Å²) in [6.07, 6.45) is -3.76. The molecule has 1 heterocycles. The molecule has 1 unspecified atom stereocenters. The lowest BCUT2D eigenvalue weighted by molar-refractivity contribution is -0.135. The van der Waals surface area contributed by atoms with Gasteiger partial charge in [-0.1, -0.05) is 0 Å². The number of alkyl halides is 3. The third kappa shape index (κ3) is 5.69. The largest absolute Gasteiger partial charge is 0.389 e. The molecule has 1 saturated heterocycles. The third-order valence-electron chi connectivity index (χ3n) is 2.55. The molecule has 1 rings (SSSR count). The molecule has 0 bridgehead atoms. The number of halogens is 3. The molecule has 0 aromatic heterocycles. The van der Waals surface area contributed by atoms with Gasteiger partial charge in [-0.05, 0) is 25.8 Å². The Morgan fingerprint density at radius 3 is 2.44 bits per heavy atom. The number of hydrogen-bond acceptors (Lipinski definition) is 3. The van der Waals surface area contributed by atoms with Crippen LogP contribution in [0, 0.1) is 0 Å². The molecule has 1 atom stereocenters. The van der Waals surface area contributed by atoms with Gasteiger partial charge in [0.25, 0.3) is 0 Å². The standard InChI is InChI=1S/C9H16F3NO2S/c10-9(11,12)4-1-2-5-13-8-3-6-16(14,15)7-8/h8,13H,1-7H2. The molecule has 0 amide bonds. The van der Waals surface area contributed by atoms with Crippen molar-refractivity contribution in [3.8, 4) is 0 Å². The van der Waals surface area contributed by atoms with E-state index in [1.165, 1.54) is 0 Å². The van der Waals surface area contributed by atoms with Crippen molar-refractivity contribution in [2.45, 2.75) is 37.9 Å². The van der Waals surface area contributed by atoms with E-state index in [4.69, 9.17) is 0 Å². The molecule has 16 heavy (non-hydrogen) atoms. The second-order valence-corrected chi connectivity index (χ2v) is 6.36. The van der Waals surface area contributed by atoms with Crippen LogP contribution in [-0.2, 0) is 9.84 Å². The fraction of sp³-hybridized carbons (Fsp3) is 1.00. The second kappa shape index (κ2) is 5.35. The van der Waals surface area contributed by atoms with Crippen molar-refractivity contribution < 1.29 is 21.6 Å². The van der Waals surface area contributed by atoms with E-state index in [1.807, 2.05) is 0 Å². The van der Waals surface area contributed by atoms with Crippen LogP contribution in [0.2, 0.25) is 0 Å². The van der Waals surface area contributed by atoms with Crippen LogP contribution in [0.4, 0.5) is 13.2 Å². The van der Waals surface area contributed by atoms with Crippen LogP contribution in [0.15, 0.2) is 0 Å². The summed E-state index contributed by atoms with van der Waals surface area (Å²) in [7, 11) is -2.90. The first kappa shape index (κ1) is 13.8. The Morgan fingerprint density at radius 1 is 1.25 bits per heavy atom. The van der Waals surface area contributed by atoms with Crippen molar-refractivity contribution in [1.29, 1.82) is 0 Å². The zero-order chi connectivity index (χ0) is 12.2. The first-order valence-corrected chi connectivity index (χ1v) is 7.11. The average Bonchev–Trinajstić information content (AvgIpc) is 2.43. The van der Waals surface area contributed by atoms with Gasteiger partial charge < -0.3 is 5.32 Å². The zero-order valence-electron chi connectivity index (χ0n) is 8.89. The molecular formula is C9H16F3NO2S. The molecule has 7 heteroatoms. The summed E-state index contributed by atoms with van der Waals surface area (Å²) >= 11 is 0. The van der Waals surface area contributed by atoms with Crippen molar-refractivity contribution in [3.63, 3.8) is 0 Å². The molecule has 0 spiro atoms. The molecule has 0 radical (unpaired) electrons.